The summed E-state index contributed by atoms with van der Waals surface area (Å²) in [5, 5.41) is 3.08. The Hall–Kier alpha value is -1.05. The number of piperazine rings is 1. The van der Waals surface area contributed by atoms with Crippen LogP contribution in [0.1, 0.15) is 18.0 Å². The Kier molecular flexibility index (Phi) is 6.90. The lowest BCUT2D eigenvalue weighted by Crippen LogP contribution is -2.46. The Labute approximate surface area is 133 Å². The molecule has 0 saturated carbocycles. The van der Waals surface area contributed by atoms with Gasteiger partial charge in [0.15, 0.2) is 0 Å². The Balaban J connectivity index is 0.00000242. The number of rotatable bonds is 4. The van der Waals surface area contributed by atoms with Crippen molar-refractivity contribution in [2.45, 2.75) is 18.6 Å². The van der Waals surface area contributed by atoms with Gasteiger partial charge in [-0.3, -0.25) is 4.90 Å². The predicted molar refractivity (Wildman–Crippen MR) is 78.1 cm³/mol. The molecule has 1 N–H and O–H groups in total. The number of benzene rings is 1. The van der Waals surface area contributed by atoms with Crippen molar-refractivity contribution in [3.63, 3.8) is 0 Å². The van der Waals surface area contributed by atoms with Gasteiger partial charge >= 0.3 is 6.18 Å². The molecule has 0 amide bonds. The normalized spacial score (nSPS) is 17.7. The van der Waals surface area contributed by atoms with E-state index in [0.717, 1.165) is 6.07 Å². The van der Waals surface area contributed by atoms with Crippen molar-refractivity contribution in [1.82, 2.24) is 10.2 Å². The molecule has 0 aliphatic carbocycles. The third-order valence-corrected chi connectivity index (χ3v) is 3.58. The van der Waals surface area contributed by atoms with Crippen LogP contribution in [0.4, 0.5) is 17.6 Å². The maximum atomic E-state index is 14.0. The minimum Gasteiger partial charge on any atom is -0.497 e. The molecule has 1 aromatic rings. The van der Waals surface area contributed by atoms with E-state index in [1.165, 1.54) is 19.2 Å². The Bertz CT molecular complexity index is 478. The van der Waals surface area contributed by atoms with Gasteiger partial charge in [-0.1, -0.05) is 0 Å². The smallest absolute Gasteiger partial charge is 0.390 e. The average Bonchev–Trinajstić information content (AvgIpc) is 2.45. The fraction of sp³-hybridized carbons (Fsp3) is 0.571. The van der Waals surface area contributed by atoms with Gasteiger partial charge in [-0.2, -0.15) is 13.2 Å². The van der Waals surface area contributed by atoms with Crippen LogP contribution >= 0.6 is 12.4 Å². The van der Waals surface area contributed by atoms with Crippen LogP contribution in [0.5, 0.6) is 5.75 Å². The van der Waals surface area contributed by atoms with Gasteiger partial charge in [-0.25, -0.2) is 4.39 Å². The Morgan fingerprint density at radius 2 is 1.91 bits per heavy atom. The fourth-order valence-electron chi connectivity index (χ4n) is 2.55. The molecule has 8 heteroatoms. The van der Waals surface area contributed by atoms with E-state index in [0.29, 0.717) is 31.9 Å². The van der Waals surface area contributed by atoms with E-state index in [9.17, 15) is 17.6 Å². The fourth-order valence-corrected chi connectivity index (χ4v) is 2.55. The molecule has 0 radical (unpaired) electrons. The van der Waals surface area contributed by atoms with Gasteiger partial charge in [0, 0.05) is 37.8 Å². The molecule has 1 atom stereocenters. The maximum absolute atomic E-state index is 14.0. The minimum absolute atomic E-state index is 0. The minimum atomic E-state index is -4.36. The molecule has 0 spiro atoms. The van der Waals surface area contributed by atoms with Crippen molar-refractivity contribution in [1.29, 1.82) is 0 Å². The summed E-state index contributed by atoms with van der Waals surface area (Å²) in [4.78, 5) is 1.67. The van der Waals surface area contributed by atoms with Crippen molar-refractivity contribution >= 4 is 12.4 Å². The summed E-state index contributed by atoms with van der Waals surface area (Å²) in [5.74, 6) is -0.280. The second-order valence-electron chi connectivity index (χ2n) is 5.01. The zero-order valence-electron chi connectivity index (χ0n) is 12.1. The molecule has 0 aromatic heterocycles. The van der Waals surface area contributed by atoms with E-state index in [1.54, 1.807) is 4.90 Å². The highest BCUT2D eigenvalue weighted by molar-refractivity contribution is 5.85. The second kappa shape index (κ2) is 7.99. The summed E-state index contributed by atoms with van der Waals surface area (Å²) in [6, 6.07) is 2.89. The summed E-state index contributed by atoms with van der Waals surface area (Å²) in [6.45, 7) is 2.11. The average molecular weight is 343 g/mol. The number of halogens is 5. The zero-order chi connectivity index (χ0) is 15.5. The highest BCUT2D eigenvalue weighted by atomic mass is 35.5. The first-order valence-corrected chi connectivity index (χ1v) is 6.75. The first-order valence-electron chi connectivity index (χ1n) is 6.75. The zero-order valence-corrected chi connectivity index (χ0v) is 12.9. The van der Waals surface area contributed by atoms with Gasteiger partial charge in [-0.15, -0.1) is 12.4 Å². The quantitative estimate of drug-likeness (QED) is 0.851. The van der Waals surface area contributed by atoms with Crippen LogP contribution < -0.4 is 10.1 Å². The molecule has 1 aliphatic rings. The number of hydrogen-bond donors (Lipinski definition) is 1. The summed E-state index contributed by atoms with van der Waals surface area (Å²) in [6.07, 6.45) is -5.43. The molecular weight excluding hydrogens is 324 g/mol. The standard InChI is InChI=1S/C14H18F4N2O.ClH/c1-21-10-2-3-12(15)11(8-10)13(9-14(16,17)18)20-6-4-19-5-7-20;/h2-3,8,13,19H,4-7,9H2,1H3;1H/t13-;/m0./s1. The molecule has 1 saturated heterocycles. The number of hydrogen-bond acceptors (Lipinski definition) is 3. The molecule has 1 aliphatic heterocycles. The van der Waals surface area contributed by atoms with Crippen LogP contribution in [0.15, 0.2) is 18.2 Å². The molecule has 22 heavy (non-hydrogen) atoms. The topological polar surface area (TPSA) is 24.5 Å². The Morgan fingerprint density at radius 1 is 1.27 bits per heavy atom. The van der Waals surface area contributed by atoms with E-state index in [1.807, 2.05) is 0 Å². The van der Waals surface area contributed by atoms with Crippen molar-refractivity contribution in [2.75, 3.05) is 33.3 Å². The molecule has 1 heterocycles. The van der Waals surface area contributed by atoms with Crippen LogP contribution in [0.2, 0.25) is 0 Å². The lowest BCUT2D eigenvalue weighted by atomic mass is 10.00. The van der Waals surface area contributed by atoms with E-state index in [2.05, 4.69) is 5.32 Å². The highest BCUT2D eigenvalue weighted by Gasteiger charge is 2.37. The summed E-state index contributed by atoms with van der Waals surface area (Å²) < 4.78 is 57.6. The molecular formula is C14H19ClF4N2O. The number of ether oxygens (including phenoxy) is 1. The number of nitrogens with one attached hydrogen (secondary N) is 1. The maximum Gasteiger partial charge on any atom is 0.390 e. The number of nitrogens with zero attached hydrogens (tertiary/aromatic N) is 1. The largest absolute Gasteiger partial charge is 0.497 e. The SMILES string of the molecule is COc1ccc(F)c([C@H](CC(F)(F)F)N2CCNCC2)c1.Cl. The molecule has 0 bridgehead atoms. The van der Waals surface area contributed by atoms with E-state index in [4.69, 9.17) is 4.74 Å². The first kappa shape index (κ1) is 19.0. The van der Waals surface area contributed by atoms with Crippen LogP contribution in [-0.2, 0) is 0 Å². The van der Waals surface area contributed by atoms with Gasteiger partial charge < -0.3 is 10.1 Å². The molecule has 126 valence electrons. The van der Waals surface area contributed by atoms with Crippen molar-refractivity contribution in [2.24, 2.45) is 0 Å². The van der Waals surface area contributed by atoms with Gasteiger partial charge in [0.25, 0.3) is 0 Å². The lowest BCUT2D eigenvalue weighted by Gasteiger charge is -2.35. The monoisotopic (exact) mass is 342 g/mol. The van der Waals surface area contributed by atoms with Crippen molar-refractivity contribution in [3.8, 4) is 5.75 Å². The molecule has 1 aromatic carbocycles. The van der Waals surface area contributed by atoms with Crippen LogP contribution in [0.3, 0.4) is 0 Å². The van der Waals surface area contributed by atoms with E-state index in [-0.39, 0.29) is 18.0 Å². The van der Waals surface area contributed by atoms with Gasteiger partial charge in [-0.05, 0) is 18.2 Å². The summed E-state index contributed by atoms with van der Waals surface area (Å²) in [5.41, 5.74) is 0.0357. The van der Waals surface area contributed by atoms with Gasteiger partial charge in [0.1, 0.15) is 11.6 Å². The van der Waals surface area contributed by atoms with Crippen LogP contribution in [-0.4, -0.2) is 44.4 Å². The number of methoxy groups -OCH3 is 1. The second-order valence-corrected chi connectivity index (χ2v) is 5.01. The molecule has 0 unspecified atom stereocenters. The third kappa shape index (κ3) is 5.00. The Morgan fingerprint density at radius 3 is 2.45 bits per heavy atom. The van der Waals surface area contributed by atoms with Crippen molar-refractivity contribution < 1.29 is 22.3 Å². The van der Waals surface area contributed by atoms with Gasteiger partial charge in [0.05, 0.1) is 13.5 Å². The number of alkyl halides is 3. The van der Waals surface area contributed by atoms with Crippen LogP contribution in [0.25, 0.3) is 0 Å². The highest BCUT2D eigenvalue weighted by Crippen LogP contribution is 2.36. The molecule has 1 fully saturated rings. The molecule has 3 nitrogen and oxygen atoms in total. The summed E-state index contributed by atoms with van der Waals surface area (Å²) >= 11 is 0. The van der Waals surface area contributed by atoms with Crippen LogP contribution in [0, 0.1) is 5.82 Å². The van der Waals surface area contributed by atoms with Gasteiger partial charge in [0.2, 0.25) is 0 Å². The lowest BCUT2D eigenvalue weighted by molar-refractivity contribution is -0.149. The summed E-state index contributed by atoms with van der Waals surface area (Å²) in [7, 11) is 1.40. The predicted octanol–water partition coefficient (Wildman–Crippen LogP) is 3.15. The molecule has 2 rings (SSSR count). The van der Waals surface area contributed by atoms with Crippen molar-refractivity contribution in [3.05, 3.63) is 29.6 Å². The first-order chi connectivity index (χ1) is 9.90. The van der Waals surface area contributed by atoms with E-state index < -0.39 is 24.5 Å². The third-order valence-electron chi connectivity index (χ3n) is 3.58. The van der Waals surface area contributed by atoms with E-state index >= 15 is 0 Å².